The number of amides is 1. The van der Waals surface area contributed by atoms with Crippen LogP contribution in [-0.4, -0.2) is 47.1 Å². The lowest BCUT2D eigenvalue weighted by atomic mass is 9.99. The lowest BCUT2D eigenvalue weighted by molar-refractivity contribution is 0.0691. The summed E-state index contributed by atoms with van der Waals surface area (Å²) in [4.78, 5) is 23.6. The highest BCUT2D eigenvalue weighted by Gasteiger charge is 2.23. The smallest absolute Gasteiger partial charge is 0.272 e. The van der Waals surface area contributed by atoms with E-state index in [2.05, 4.69) is 22.2 Å². The third-order valence-electron chi connectivity index (χ3n) is 4.94. The van der Waals surface area contributed by atoms with Crippen LogP contribution in [0.5, 0.6) is 11.5 Å². The summed E-state index contributed by atoms with van der Waals surface area (Å²) < 4.78 is 11.1. The van der Waals surface area contributed by atoms with Crippen LogP contribution in [0, 0.1) is 12.8 Å². The number of aromatic nitrogens is 2. The van der Waals surface area contributed by atoms with Gasteiger partial charge in [-0.1, -0.05) is 6.92 Å². The van der Waals surface area contributed by atoms with E-state index in [0.717, 1.165) is 43.1 Å². The van der Waals surface area contributed by atoms with Crippen LogP contribution in [-0.2, 0) is 0 Å². The Kier molecular flexibility index (Phi) is 4.83. The molecule has 142 valence electrons. The summed E-state index contributed by atoms with van der Waals surface area (Å²) in [6.07, 6.45) is 2.08. The van der Waals surface area contributed by atoms with Gasteiger partial charge in [0.1, 0.15) is 18.9 Å². The molecule has 4 rings (SSSR count). The Labute approximate surface area is 158 Å². The normalized spacial score (nSPS) is 16.9. The maximum Gasteiger partial charge on any atom is 0.272 e. The second-order valence-electron chi connectivity index (χ2n) is 7.18. The molecule has 27 heavy (non-hydrogen) atoms. The van der Waals surface area contributed by atoms with Gasteiger partial charge in [0.2, 0.25) is 5.95 Å². The van der Waals surface area contributed by atoms with Gasteiger partial charge in [0.15, 0.2) is 11.5 Å². The van der Waals surface area contributed by atoms with Crippen molar-refractivity contribution >= 4 is 17.5 Å². The second kappa shape index (κ2) is 7.42. The largest absolute Gasteiger partial charge is 0.486 e. The standard InChI is InChI=1S/C20H24N4O3/c1-13-5-7-24(8-6-13)19(25)16-11-14(2)21-20(23-16)22-15-3-4-17-18(12-15)27-10-9-26-17/h3-4,11-13H,5-10H2,1-2H3,(H,21,22,23). The van der Waals surface area contributed by atoms with Crippen molar-refractivity contribution in [3.05, 3.63) is 35.7 Å². The van der Waals surface area contributed by atoms with Crippen LogP contribution in [0.25, 0.3) is 0 Å². The number of hydrogen-bond acceptors (Lipinski definition) is 6. The number of ether oxygens (including phenoxy) is 2. The molecule has 1 amide bonds. The zero-order chi connectivity index (χ0) is 18.8. The van der Waals surface area contributed by atoms with Crippen LogP contribution < -0.4 is 14.8 Å². The van der Waals surface area contributed by atoms with E-state index in [9.17, 15) is 4.79 Å². The summed E-state index contributed by atoms with van der Waals surface area (Å²) in [6.45, 7) is 6.76. The molecule has 7 heteroatoms. The number of rotatable bonds is 3. The molecule has 7 nitrogen and oxygen atoms in total. The molecule has 0 radical (unpaired) electrons. The minimum Gasteiger partial charge on any atom is -0.486 e. The molecule has 2 aromatic rings. The van der Waals surface area contributed by atoms with Crippen molar-refractivity contribution in [3.8, 4) is 11.5 Å². The molecule has 0 aliphatic carbocycles. The predicted molar refractivity (Wildman–Crippen MR) is 102 cm³/mol. The molecule has 1 aromatic carbocycles. The fourth-order valence-electron chi connectivity index (χ4n) is 3.36. The van der Waals surface area contributed by atoms with Crippen molar-refractivity contribution in [1.29, 1.82) is 0 Å². The number of aryl methyl sites for hydroxylation is 1. The number of nitrogens with one attached hydrogen (secondary N) is 1. The molecule has 2 aliphatic rings. The van der Waals surface area contributed by atoms with Gasteiger partial charge in [-0.05, 0) is 43.9 Å². The van der Waals surface area contributed by atoms with Crippen LogP contribution in [0.4, 0.5) is 11.6 Å². The Morgan fingerprint density at radius 2 is 1.85 bits per heavy atom. The zero-order valence-corrected chi connectivity index (χ0v) is 15.7. The highest BCUT2D eigenvalue weighted by atomic mass is 16.6. The van der Waals surface area contributed by atoms with E-state index >= 15 is 0 Å². The number of benzene rings is 1. The van der Waals surface area contributed by atoms with E-state index in [4.69, 9.17) is 9.47 Å². The van der Waals surface area contributed by atoms with Crippen LogP contribution in [0.1, 0.15) is 35.9 Å². The lowest BCUT2D eigenvalue weighted by Gasteiger charge is -2.30. The zero-order valence-electron chi connectivity index (χ0n) is 15.7. The van der Waals surface area contributed by atoms with Crippen LogP contribution in [0.15, 0.2) is 24.3 Å². The van der Waals surface area contributed by atoms with Gasteiger partial charge < -0.3 is 19.7 Å². The summed E-state index contributed by atoms with van der Waals surface area (Å²) in [5, 5.41) is 3.17. The first-order valence-corrected chi connectivity index (χ1v) is 9.40. The average Bonchev–Trinajstić information content (AvgIpc) is 2.67. The van der Waals surface area contributed by atoms with Crippen molar-refractivity contribution in [2.75, 3.05) is 31.6 Å². The molecule has 1 saturated heterocycles. The lowest BCUT2D eigenvalue weighted by Crippen LogP contribution is -2.38. The molecular weight excluding hydrogens is 344 g/mol. The van der Waals surface area contributed by atoms with E-state index in [1.807, 2.05) is 30.0 Å². The van der Waals surface area contributed by atoms with E-state index < -0.39 is 0 Å². The first-order chi connectivity index (χ1) is 13.1. The first-order valence-electron chi connectivity index (χ1n) is 9.40. The quantitative estimate of drug-likeness (QED) is 0.897. The van der Waals surface area contributed by atoms with Crippen LogP contribution >= 0.6 is 0 Å². The summed E-state index contributed by atoms with van der Waals surface area (Å²) in [5.41, 5.74) is 1.96. The van der Waals surface area contributed by atoms with E-state index in [0.29, 0.717) is 36.5 Å². The monoisotopic (exact) mass is 368 g/mol. The summed E-state index contributed by atoms with van der Waals surface area (Å²) >= 11 is 0. The Morgan fingerprint density at radius 1 is 1.11 bits per heavy atom. The molecule has 3 heterocycles. The van der Waals surface area contributed by atoms with Crippen molar-refractivity contribution in [2.24, 2.45) is 5.92 Å². The topological polar surface area (TPSA) is 76.6 Å². The van der Waals surface area contributed by atoms with Gasteiger partial charge in [-0.15, -0.1) is 0 Å². The Hall–Kier alpha value is -2.83. The maximum atomic E-state index is 12.8. The highest BCUT2D eigenvalue weighted by molar-refractivity contribution is 5.92. The number of anilines is 2. The van der Waals surface area contributed by atoms with Crippen LogP contribution in [0.2, 0.25) is 0 Å². The van der Waals surface area contributed by atoms with Gasteiger partial charge in [-0.25, -0.2) is 9.97 Å². The third-order valence-corrected chi connectivity index (χ3v) is 4.94. The van der Waals surface area contributed by atoms with Crippen molar-refractivity contribution in [1.82, 2.24) is 14.9 Å². The van der Waals surface area contributed by atoms with Gasteiger partial charge in [-0.2, -0.15) is 0 Å². The molecular formula is C20H24N4O3. The predicted octanol–water partition coefficient (Wildman–Crippen LogP) is 3.17. The fraction of sp³-hybridized carbons (Fsp3) is 0.450. The molecule has 1 N–H and O–H groups in total. The number of piperidine rings is 1. The first kappa shape index (κ1) is 17.6. The van der Waals surface area contributed by atoms with Gasteiger partial charge in [0.25, 0.3) is 5.91 Å². The van der Waals surface area contributed by atoms with E-state index in [-0.39, 0.29) is 5.91 Å². The van der Waals surface area contributed by atoms with Crippen molar-refractivity contribution < 1.29 is 14.3 Å². The SMILES string of the molecule is Cc1cc(C(=O)N2CCC(C)CC2)nc(Nc2ccc3c(c2)OCCO3)n1. The number of likely N-dealkylation sites (tertiary alicyclic amines) is 1. The number of carbonyl (C=O) groups is 1. The summed E-state index contributed by atoms with van der Waals surface area (Å²) in [7, 11) is 0. The van der Waals surface area contributed by atoms with E-state index in [1.54, 1.807) is 6.07 Å². The summed E-state index contributed by atoms with van der Waals surface area (Å²) in [6, 6.07) is 7.34. The van der Waals surface area contributed by atoms with Crippen molar-refractivity contribution in [2.45, 2.75) is 26.7 Å². The maximum absolute atomic E-state index is 12.8. The Bertz CT molecular complexity index is 847. The molecule has 0 bridgehead atoms. The molecule has 0 atom stereocenters. The fourth-order valence-corrected chi connectivity index (χ4v) is 3.36. The minimum atomic E-state index is -0.0300. The number of nitrogens with zero attached hydrogens (tertiary/aromatic N) is 3. The number of carbonyl (C=O) groups excluding carboxylic acids is 1. The Balaban J connectivity index is 1.53. The van der Waals surface area contributed by atoms with Gasteiger partial charge in [-0.3, -0.25) is 4.79 Å². The van der Waals surface area contributed by atoms with Gasteiger partial charge in [0.05, 0.1) is 0 Å². The average molecular weight is 368 g/mol. The van der Waals surface area contributed by atoms with Gasteiger partial charge in [0, 0.05) is 30.5 Å². The molecule has 0 saturated carbocycles. The molecule has 0 unspecified atom stereocenters. The van der Waals surface area contributed by atoms with Gasteiger partial charge >= 0.3 is 0 Å². The molecule has 1 aromatic heterocycles. The molecule has 0 spiro atoms. The highest BCUT2D eigenvalue weighted by Crippen LogP contribution is 2.33. The Morgan fingerprint density at radius 3 is 2.63 bits per heavy atom. The molecule has 2 aliphatic heterocycles. The van der Waals surface area contributed by atoms with Crippen LogP contribution in [0.3, 0.4) is 0 Å². The minimum absolute atomic E-state index is 0.0300. The third kappa shape index (κ3) is 3.97. The number of fused-ring (bicyclic) bond motifs is 1. The number of hydrogen-bond donors (Lipinski definition) is 1. The van der Waals surface area contributed by atoms with E-state index in [1.165, 1.54) is 0 Å². The molecule has 1 fully saturated rings. The summed E-state index contributed by atoms with van der Waals surface area (Å²) in [5.74, 6) is 2.47. The second-order valence-corrected chi connectivity index (χ2v) is 7.18. The van der Waals surface area contributed by atoms with Crippen molar-refractivity contribution in [3.63, 3.8) is 0 Å².